The lowest BCUT2D eigenvalue weighted by Crippen LogP contribution is -2.23. The van der Waals surface area contributed by atoms with Gasteiger partial charge in [0.05, 0.1) is 0 Å². The molecular weight excluding hydrogens is 269 g/mol. The minimum Gasteiger partial charge on any atom is -0.269 e. The van der Waals surface area contributed by atoms with Gasteiger partial charge >= 0.3 is 0 Å². The summed E-state index contributed by atoms with van der Waals surface area (Å²) in [5.74, 6) is -1.90. The lowest BCUT2D eigenvalue weighted by molar-refractivity contribution is 0.547. The standard InChI is InChI=1S/C12H13BF2NP2/c1-8(14)10(15)5-6-13-9-3-4-11-12(7-9)18(2)16-17-11/h3-5,7,16-17H,1,6H2,2H3/b10-5+. The molecule has 1 aromatic rings. The summed E-state index contributed by atoms with van der Waals surface area (Å²) in [7, 11) is 2.31. The molecule has 0 bridgehead atoms. The second-order valence-corrected chi connectivity index (χ2v) is 7.25. The third-order valence-electron chi connectivity index (χ3n) is 2.65. The number of nitrogens with one attached hydrogen (secondary N) is 1. The predicted molar refractivity (Wildman–Crippen MR) is 79.6 cm³/mol. The van der Waals surface area contributed by atoms with Crippen molar-refractivity contribution in [1.82, 2.24) is 4.86 Å². The fourth-order valence-electron chi connectivity index (χ4n) is 1.67. The predicted octanol–water partition coefficient (Wildman–Crippen LogP) is 2.24. The molecule has 1 aromatic carbocycles. The van der Waals surface area contributed by atoms with Gasteiger partial charge in [-0.3, -0.25) is 4.86 Å². The summed E-state index contributed by atoms with van der Waals surface area (Å²) >= 11 is 0. The minimum absolute atomic E-state index is 0.256. The van der Waals surface area contributed by atoms with Crippen LogP contribution < -0.4 is 20.9 Å². The van der Waals surface area contributed by atoms with Gasteiger partial charge in [0.25, 0.3) is 0 Å². The fourth-order valence-corrected chi connectivity index (χ4v) is 5.12. The normalized spacial score (nSPS) is 19.9. The average Bonchev–Trinajstić information content (AvgIpc) is 2.71. The van der Waals surface area contributed by atoms with E-state index in [1.807, 2.05) is 13.3 Å². The molecule has 1 aliphatic rings. The van der Waals surface area contributed by atoms with Crippen molar-refractivity contribution in [2.75, 3.05) is 6.66 Å². The van der Waals surface area contributed by atoms with Gasteiger partial charge in [0.1, 0.15) is 0 Å². The van der Waals surface area contributed by atoms with E-state index in [1.165, 1.54) is 16.7 Å². The van der Waals surface area contributed by atoms with Gasteiger partial charge in [-0.2, -0.15) is 0 Å². The highest BCUT2D eigenvalue weighted by atomic mass is 31.2. The van der Waals surface area contributed by atoms with Crippen molar-refractivity contribution in [3.8, 4) is 0 Å². The van der Waals surface area contributed by atoms with Crippen molar-refractivity contribution in [3.05, 3.63) is 42.5 Å². The Morgan fingerprint density at radius 3 is 3.06 bits per heavy atom. The van der Waals surface area contributed by atoms with Gasteiger partial charge in [-0.1, -0.05) is 42.6 Å². The average molecular weight is 282 g/mol. The highest BCUT2D eigenvalue weighted by molar-refractivity contribution is 7.76. The van der Waals surface area contributed by atoms with E-state index in [2.05, 4.69) is 30.2 Å². The molecule has 0 spiro atoms. The van der Waals surface area contributed by atoms with Crippen LogP contribution in [0.2, 0.25) is 6.32 Å². The number of fused-ring (bicyclic) bond motifs is 1. The maximum absolute atomic E-state index is 12.9. The minimum atomic E-state index is -1.01. The zero-order valence-electron chi connectivity index (χ0n) is 10.0. The number of benzene rings is 1. The molecule has 2 unspecified atom stereocenters. The Morgan fingerprint density at radius 2 is 2.33 bits per heavy atom. The highest BCUT2D eigenvalue weighted by Crippen LogP contribution is 2.35. The number of hydrogen-bond acceptors (Lipinski definition) is 1. The lowest BCUT2D eigenvalue weighted by Gasteiger charge is -2.06. The van der Waals surface area contributed by atoms with E-state index >= 15 is 0 Å². The zero-order valence-corrected chi connectivity index (χ0v) is 11.9. The van der Waals surface area contributed by atoms with Crippen LogP contribution in [0.4, 0.5) is 8.78 Å². The van der Waals surface area contributed by atoms with Crippen LogP contribution in [0.25, 0.3) is 0 Å². The third-order valence-corrected chi connectivity index (χ3v) is 6.45. The van der Waals surface area contributed by atoms with Crippen LogP contribution in [-0.4, -0.2) is 13.9 Å². The monoisotopic (exact) mass is 282 g/mol. The molecule has 2 atom stereocenters. The second kappa shape index (κ2) is 6.06. The Hall–Kier alpha value is -0.555. The largest absolute Gasteiger partial charge is 0.269 e. The molecule has 0 fully saturated rings. The van der Waals surface area contributed by atoms with Gasteiger partial charge in [-0.15, -0.1) is 0 Å². The molecule has 6 heteroatoms. The second-order valence-electron chi connectivity index (χ2n) is 3.97. The zero-order chi connectivity index (χ0) is 13.1. The van der Waals surface area contributed by atoms with Gasteiger partial charge < -0.3 is 0 Å². The van der Waals surface area contributed by atoms with Crippen LogP contribution in [0.15, 0.2) is 42.5 Å². The molecule has 1 radical (unpaired) electrons. The summed E-state index contributed by atoms with van der Waals surface area (Å²) in [4.78, 5) is 3.45. The molecule has 0 aliphatic carbocycles. The van der Waals surface area contributed by atoms with Gasteiger partial charge in [-0.25, -0.2) is 8.78 Å². The van der Waals surface area contributed by atoms with Gasteiger partial charge in [0.15, 0.2) is 18.9 Å². The molecular formula is C12H13BF2NP2. The van der Waals surface area contributed by atoms with E-state index in [9.17, 15) is 8.78 Å². The fraction of sp³-hybridized carbons (Fsp3) is 0.167. The first-order valence-electron chi connectivity index (χ1n) is 5.51. The van der Waals surface area contributed by atoms with Gasteiger partial charge in [0.2, 0.25) is 0 Å². The molecule has 0 saturated carbocycles. The molecule has 1 nitrogen and oxygen atoms in total. The van der Waals surface area contributed by atoms with E-state index in [1.54, 1.807) is 0 Å². The Labute approximate surface area is 110 Å². The van der Waals surface area contributed by atoms with E-state index in [-0.39, 0.29) is 8.07 Å². The van der Waals surface area contributed by atoms with Crippen LogP contribution >= 0.6 is 16.8 Å². The Balaban J connectivity index is 2.01. The SMILES string of the molecule is C=C(F)/C(F)=C\C[B]c1ccc2c(c1)P(C)NP2. The summed E-state index contributed by atoms with van der Waals surface area (Å²) in [6.07, 6.45) is 1.56. The van der Waals surface area contributed by atoms with Crippen LogP contribution in [0.1, 0.15) is 0 Å². The van der Waals surface area contributed by atoms with Crippen LogP contribution in [-0.2, 0) is 0 Å². The van der Waals surface area contributed by atoms with Gasteiger partial charge in [0, 0.05) is 0 Å². The van der Waals surface area contributed by atoms with Crippen molar-refractivity contribution < 1.29 is 8.78 Å². The van der Waals surface area contributed by atoms with Crippen molar-refractivity contribution in [1.29, 1.82) is 0 Å². The molecule has 0 aromatic heterocycles. The molecule has 0 amide bonds. The lowest BCUT2D eigenvalue weighted by atomic mass is 9.67. The van der Waals surface area contributed by atoms with Crippen molar-refractivity contribution in [3.63, 3.8) is 0 Å². The van der Waals surface area contributed by atoms with E-state index in [0.717, 1.165) is 5.46 Å². The first-order valence-corrected chi connectivity index (χ1v) is 8.30. The topological polar surface area (TPSA) is 12.0 Å². The summed E-state index contributed by atoms with van der Waals surface area (Å²) in [5.41, 5.74) is 1.05. The van der Waals surface area contributed by atoms with E-state index < -0.39 is 11.7 Å². The summed E-state index contributed by atoms with van der Waals surface area (Å²) in [6, 6.07) is 6.24. The summed E-state index contributed by atoms with van der Waals surface area (Å²) < 4.78 is 25.3. The Bertz CT molecular complexity index is 505. The van der Waals surface area contributed by atoms with Crippen molar-refractivity contribution in [2.45, 2.75) is 6.32 Å². The third kappa shape index (κ3) is 3.26. The molecule has 1 heterocycles. The number of allylic oxidation sites excluding steroid dienone is 3. The molecule has 93 valence electrons. The van der Waals surface area contributed by atoms with E-state index in [4.69, 9.17) is 0 Å². The van der Waals surface area contributed by atoms with Crippen molar-refractivity contribution in [2.24, 2.45) is 0 Å². The summed E-state index contributed by atoms with van der Waals surface area (Å²) in [6.45, 7) is 5.09. The molecule has 0 saturated heterocycles. The number of rotatable bonds is 4. The van der Waals surface area contributed by atoms with E-state index in [0.29, 0.717) is 15.1 Å². The Kier molecular flexibility index (Phi) is 4.67. The maximum atomic E-state index is 12.9. The van der Waals surface area contributed by atoms with Gasteiger partial charge in [-0.05, 0) is 34.1 Å². The Morgan fingerprint density at radius 1 is 1.56 bits per heavy atom. The first kappa shape index (κ1) is 13.9. The smallest absolute Gasteiger partial charge is 0.155 e. The number of halogens is 2. The van der Waals surface area contributed by atoms with Crippen LogP contribution in [0.5, 0.6) is 0 Å². The first-order chi connectivity index (χ1) is 8.58. The molecule has 1 N–H and O–H groups in total. The highest BCUT2D eigenvalue weighted by Gasteiger charge is 2.17. The molecule has 2 rings (SSSR count). The van der Waals surface area contributed by atoms with Crippen LogP contribution in [0, 0.1) is 0 Å². The number of hydrogen-bond donors (Lipinski definition) is 1. The maximum Gasteiger partial charge on any atom is 0.155 e. The molecule has 1 aliphatic heterocycles. The van der Waals surface area contributed by atoms with Crippen molar-refractivity contribution >= 4 is 40.2 Å². The summed E-state index contributed by atoms with van der Waals surface area (Å²) in [5, 5.41) is 2.72. The molecule has 18 heavy (non-hydrogen) atoms. The quantitative estimate of drug-likeness (QED) is 0.507. The van der Waals surface area contributed by atoms with Crippen LogP contribution in [0.3, 0.4) is 0 Å².